The molecule has 2 heterocycles. The fourth-order valence-electron chi connectivity index (χ4n) is 4.28. The number of fused-ring (bicyclic) bond motifs is 3. The fourth-order valence-corrected chi connectivity index (χ4v) is 7.18. The van der Waals surface area contributed by atoms with Gasteiger partial charge in [0.2, 0.25) is 0 Å². The lowest BCUT2D eigenvalue weighted by atomic mass is 9.83. The maximum atomic E-state index is 6.13. The topological polar surface area (TPSA) is 14.2 Å². The second-order valence-electron chi connectivity index (χ2n) is 9.27. The number of benzene rings is 2. The Bertz CT molecular complexity index is 1020. The second kappa shape index (κ2) is 8.17. The molecule has 1 aliphatic rings. The third-order valence-electron chi connectivity index (χ3n) is 5.71. The molecule has 0 saturated heterocycles. The van der Waals surface area contributed by atoms with Crippen LogP contribution in [-0.2, 0) is 4.74 Å². The van der Waals surface area contributed by atoms with Gasteiger partial charge in [0.1, 0.15) is 6.10 Å². The Balaban J connectivity index is 1.92. The van der Waals surface area contributed by atoms with E-state index in [0.29, 0.717) is 11.8 Å². The first-order chi connectivity index (χ1) is 13.9. The van der Waals surface area contributed by atoms with Crippen LogP contribution in [0.15, 0.2) is 66.7 Å². The average molecular weight is 422 g/mol. The van der Waals surface area contributed by atoms with E-state index in [1.54, 1.807) is 0 Å². The van der Waals surface area contributed by atoms with Gasteiger partial charge in [0, 0.05) is 18.4 Å². The van der Waals surface area contributed by atoms with Crippen LogP contribution >= 0.6 is 11.8 Å². The molecular formula is C25H31NOSSi. The van der Waals surface area contributed by atoms with E-state index in [0.717, 1.165) is 0 Å². The van der Waals surface area contributed by atoms with Gasteiger partial charge in [0.25, 0.3) is 0 Å². The first-order valence-corrected chi connectivity index (χ1v) is 15.1. The molecule has 0 radical (unpaired) electrons. The predicted octanol–water partition coefficient (Wildman–Crippen LogP) is 7.17. The van der Waals surface area contributed by atoms with Crippen molar-refractivity contribution < 1.29 is 4.74 Å². The first kappa shape index (κ1) is 20.5. The molecule has 4 rings (SSSR count). The Morgan fingerprint density at radius 1 is 1.00 bits per heavy atom. The summed E-state index contributed by atoms with van der Waals surface area (Å²) in [5.41, 5.74) is 3.91. The lowest BCUT2D eigenvalue weighted by Crippen LogP contribution is -2.24. The lowest BCUT2D eigenvalue weighted by Gasteiger charge is -2.27. The van der Waals surface area contributed by atoms with Crippen molar-refractivity contribution in [1.82, 2.24) is 4.57 Å². The van der Waals surface area contributed by atoms with E-state index < -0.39 is 8.07 Å². The number of allylic oxidation sites excluding steroid dienone is 1. The maximum absolute atomic E-state index is 6.13. The molecule has 0 aliphatic carbocycles. The predicted molar refractivity (Wildman–Crippen MR) is 130 cm³/mol. The van der Waals surface area contributed by atoms with Crippen LogP contribution in [-0.4, -0.2) is 25.1 Å². The van der Waals surface area contributed by atoms with Crippen molar-refractivity contribution in [3.05, 3.63) is 78.0 Å². The Morgan fingerprint density at radius 3 is 2.38 bits per heavy atom. The number of thioether (sulfide) groups is 1. The van der Waals surface area contributed by atoms with Crippen molar-refractivity contribution in [3.63, 3.8) is 0 Å². The molecule has 3 aromatic rings. The van der Waals surface area contributed by atoms with Crippen molar-refractivity contribution in [2.24, 2.45) is 5.92 Å². The molecule has 0 N–H and O–H groups in total. The monoisotopic (exact) mass is 421 g/mol. The normalized spacial score (nSPS) is 22.2. The lowest BCUT2D eigenvalue weighted by molar-refractivity contribution is 0.0499. The number of aromatic nitrogens is 1. The summed E-state index contributed by atoms with van der Waals surface area (Å²) in [4.78, 5) is 0. The number of hydrogen-bond donors (Lipinski definition) is 0. The summed E-state index contributed by atoms with van der Waals surface area (Å²) >= 11 is 2.02. The quantitative estimate of drug-likeness (QED) is 0.405. The smallest absolute Gasteiger partial charge is 0.101 e. The Hall–Kier alpha value is -1.75. The van der Waals surface area contributed by atoms with Gasteiger partial charge in [-0.15, -0.1) is 11.8 Å². The standard InChI is InChI=1S/C25H31NOSSi/c1-18-21(19-11-7-6-8-12-19)16-24(28-17-29(3,4)5)26-22-14-10-9-13-20(22)15-23(26)25(18)27-2/h6-16,18,21,25H,17H2,1-5H3/t18-,21-,25+/m1/s1. The van der Waals surface area contributed by atoms with Crippen LogP contribution in [0, 0.1) is 5.92 Å². The summed E-state index contributed by atoms with van der Waals surface area (Å²) in [5.74, 6) is 0.666. The zero-order valence-corrected chi connectivity index (χ0v) is 19.9. The molecule has 1 aliphatic heterocycles. The van der Waals surface area contributed by atoms with Crippen molar-refractivity contribution in [2.75, 3.05) is 12.5 Å². The van der Waals surface area contributed by atoms with Crippen LogP contribution < -0.4 is 0 Å². The van der Waals surface area contributed by atoms with E-state index in [-0.39, 0.29) is 6.10 Å². The minimum atomic E-state index is -1.19. The van der Waals surface area contributed by atoms with Crippen LogP contribution in [0.1, 0.15) is 30.2 Å². The summed E-state index contributed by atoms with van der Waals surface area (Å²) in [6, 6.07) is 21.9. The fraction of sp³-hybridized carbons (Fsp3) is 0.360. The van der Waals surface area contributed by atoms with Crippen molar-refractivity contribution in [3.8, 4) is 0 Å². The highest BCUT2D eigenvalue weighted by Crippen LogP contribution is 2.46. The van der Waals surface area contributed by atoms with E-state index in [9.17, 15) is 0 Å². The minimum absolute atomic E-state index is 0.0498. The highest BCUT2D eigenvalue weighted by molar-refractivity contribution is 8.09. The molecule has 0 fully saturated rings. The summed E-state index contributed by atoms with van der Waals surface area (Å²) in [6.07, 6.45) is 2.55. The van der Waals surface area contributed by atoms with Gasteiger partial charge in [-0.2, -0.15) is 0 Å². The molecule has 0 unspecified atom stereocenters. The van der Waals surface area contributed by atoms with Gasteiger partial charge >= 0.3 is 0 Å². The van der Waals surface area contributed by atoms with Gasteiger partial charge in [0.15, 0.2) is 0 Å². The first-order valence-electron chi connectivity index (χ1n) is 10.4. The zero-order valence-electron chi connectivity index (χ0n) is 18.1. The molecule has 1 aromatic heterocycles. The van der Waals surface area contributed by atoms with Crippen molar-refractivity contribution >= 4 is 35.8 Å². The summed E-state index contributed by atoms with van der Waals surface area (Å²) in [5, 5.41) is 3.84. The molecule has 0 amide bonds. The number of ether oxygens (including phenoxy) is 1. The Morgan fingerprint density at radius 2 is 1.69 bits per heavy atom. The molecule has 0 bridgehead atoms. The molecule has 4 heteroatoms. The van der Waals surface area contributed by atoms with Crippen LogP contribution in [0.5, 0.6) is 0 Å². The molecule has 2 nitrogen and oxygen atoms in total. The summed E-state index contributed by atoms with van der Waals surface area (Å²) < 4.78 is 8.60. The second-order valence-corrected chi connectivity index (χ2v) is 16.3. The summed E-state index contributed by atoms with van der Waals surface area (Å²) in [6.45, 7) is 9.67. The molecule has 2 aromatic carbocycles. The maximum Gasteiger partial charge on any atom is 0.101 e. The zero-order chi connectivity index (χ0) is 20.6. The van der Waals surface area contributed by atoms with Crippen molar-refractivity contribution in [2.45, 2.75) is 38.6 Å². The number of methoxy groups -OCH3 is 1. The van der Waals surface area contributed by atoms with Crippen LogP contribution in [0.3, 0.4) is 0 Å². The van der Waals surface area contributed by atoms with Gasteiger partial charge in [-0.3, -0.25) is 0 Å². The van der Waals surface area contributed by atoms with E-state index >= 15 is 0 Å². The van der Waals surface area contributed by atoms with Crippen LogP contribution in [0.4, 0.5) is 0 Å². The molecule has 29 heavy (non-hydrogen) atoms. The Labute approximate surface area is 180 Å². The van der Waals surface area contributed by atoms with E-state index in [4.69, 9.17) is 4.74 Å². The number of para-hydroxylation sites is 1. The van der Waals surface area contributed by atoms with E-state index in [1.807, 2.05) is 18.9 Å². The molecule has 152 valence electrons. The average Bonchev–Trinajstić information content (AvgIpc) is 3.02. The molecular weight excluding hydrogens is 390 g/mol. The largest absolute Gasteiger partial charge is 0.375 e. The SMILES string of the molecule is CO[C@@H]1c2cc3ccccc3n2C(SC[Si](C)(C)C)=C[C@@H](c2ccccc2)[C@H]1C. The van der Waals surface area contributed by atoms with Gasteiger partial charge in [-0.05, 0) is 35.1 Å². The van der Waals surface area contributed by atoms with E-state index in [2.05, 4.69) is 97.9 Å². The van der Waals surface area contributed by atoms with E-state index in [1.165, 1.54) is 32.6 Å². The molecule has 0 saturated carbocycles. The highest BCUT2D eigenvalue weighted by Gasteiger charge is 2.34. The third kappa shape index (κ3) is 4.11. The minimum Gasteiger partial charge on any atom is -0.375 e. The molecule has 0 spiro atoms. The van der Waals surface area contributed by atoms with Gasteiger partial charge in [-0.25, -0.2) is 0 Å². The number of nitrogens with zero attached hydrogens (tertiary/aromatic N) is 1. The van der Waals surface area contributed by atoms with Gasteiger partial charge in [-0.1, -0.05) is 75.1 Å². The van der Waals surface area contributed by atoms with Crippen LogP contribution in [0.25, 0.3) is 15.9 Å². The number of hydrogen-bond acceptors (Lipinski definition) is 2. The molecule has 3 atom stereocenters. The summed E-state index contributed by atoms with van der Waals surface area (Å²) in [7, 11) is 0.661. The Kier molecular flexibility index (Phi) is 5.78. The van der Waals surface area contributed by atoms with Gasteiger partial charge in [0.05, 0.1) is 24.3 Å². The third-order valence-corrected chi connectivity index (χ3v) is 10.4. The van der Waals surface area contributed by atoms with Crippen molar-refractivity contribution in [1.29, 1.82) is 0 Å². The van der Waals surface area contributed by atoms with Crippen LogP contribution in [0.2, 0.25) is 19.6 Å². The van der Waals surface area contributed by atoms with Gasteiger partial charge < -0.3 is 9.30 Å². The highest BCUT2D eigenvalue weighted by atomic mass is 32.2. The number of rotatable bonds is 5.